The van der Waals surface area contributed by atoms with Crippen LogP contribution in [0.15, 0.2) is 30.3 Å². The summed E-state index contributed by atoms with van der Waals surface area (Å²) >= 11 is 0. The number of hydrogen-bond donors (Lipinski definition) is 3. The fraction of sp³-hybridized carbons (Fsp3) is 0.375. The number of benzene rings is 1. The van der Waals surface area contributed by atoms with Gasteiger partial charge < -0.3 is 20.1 Å². The average Bonchev–Trinajstić information content (AvgIpc) is 2.60. The Kier molecular flexibility index (Phi) is 8.66. The quantitative estimate of drug-likeness (QED) is 0.441. The van der Waals surface area contributed by atoms with Crippen molar-refractivity contribution in [1.82, 2.24) is 16.0 Å². The van der Waals surface area contributed by atoms with Gasteiger partial charge in [0, 0.05) is 19.2 Å². The molecular formula is C16H21N3O6. The van der Waals surface area contributed by atoms with E-state index in [1.165, 1.54) is 14.0 Å². The SMILES string of the molecule is COCCNC(=O)NC(=O)COC(=O)[C@H](C)NC(=O)c1ccccc1. The molecule has 1 atom stereocenters. The first-order chi connectivity index (χ1) is 11.9. The van der Waals surface area contributed by atoms with Gasteiger partial charge in [-0.2, -0.15) is 0 Å². The Labute approximate surface area is 145 Å². The van der Waals surface area contributed by atoms with E-state index in [1.54, 1.807) is 30.3 Å². The molecule has 136 valence electrons. The largest absolute Gasteiger partial charge is 0.454 e. The summed E-state index contributed by atoms with van der Waals surface area (Å²) in [6, 6.07) is 6.68. The summed E-state index contributed by atoms with van der Waals surface area (Å²) in [6.07, 6.45) is 0. The van der Waals surface area contributed by atoms with Crippen LogP contribution in [0.3, 0.4) is 0 Å². The van der Waals surface area contributed by atoms with E-state index >= 15 is 0 Å². The van der Waals surface area contributed by atoms with Gasteiger partial charge in [0.25, 0.3) is 11.8 Å². The molecular weight excluding hydrogens is 330 g/mol. The highest BCUT2D eigenvalue weighted by atomic mass is 16.5. The van der Waals surface area contributed by atoms with Crippen molar-refractivity contribution in [1.29, 1.82) is 0 Å². The summed E-state index contributed by atoms with van der Waals surface area (Å²) in [5.41, 5.74) is 0.396. The molecule has 0 spiro atoms. The monoisotopic (exact) mass is 351 g/mol. The molecule has 0 heterocycles. The number of amides is 4. The maximum absolute atomic E-state index is 11.9. The third-order valence-corrected chi connectivity index (χ3v) is 2.93. The van der Waals surface area contributed by atoms with Crippen molar-refractivity contribution in [3.05, 3.63) is 35.9 Å². The zero-order valence-corrected chi connectivity index (χ0v) is 14.0. The molecule has 0 unspecified atom stereocenters. The van der Waals surface area contributed by atoms with E-state index in [9.17, 15) is 19.2 Å². The van der Waals surface area contributed by atoms with Crippen molar-refractivity contribution in [2.75, 3.05) is 26.9 Å². The molecule has 1 aromatic carbocycles. The number of carbonyl (C=O) groups excluding carboxylic acids is 4. The van der Waals surface area contributed by atoms with Crippen LogP contribution in [-0.2, 0) is 19.1 Å². The molecule has 4 amide bonds. The third kappa shape index (κ3) is 7.93. The summed E-state index contributed by atoms with van der Waals surface area (Å²) in [6.45, 7) is 1.33. The number of ether oxygens (including phenoxy) is 2. The molecule has 0 aliphatic carbocycles. The molecule has 0 fully saturated rings. The Morgan fingerprint density at radius 1 is 1.12 bits per heavy atom. The first-order valence-electron chi connectivity index (χ1n) is 7.53. The summed E-state index contributed by atoms with van der Waals surface area (Å²) in [7, 11) is 1.47. The minimum atomic E-state index is -0.948. The van der Waals surface area contributed by atoms with E-state index in [4.69, 9.17) is 9.47 Å². The van der Waals surface area contributed by atoms with Gasteiger partial charge in [0.05, 0.1) is 6.61 Å². The number of imide groups is 1. The number of rotatable bonds is 8. The van der Waals surface area contributed by atoms with E-state index in [2.05, 4.69) is 10.6 Å². The minimum absolute atomic E-state index is 0.234. The molecule has 0 aliphatic heterocycles. The predicted molar refractivity (Wildman–Crippen MR) is 87.7 cm³/mol. The minimum Gasteiger partial charge on any atom is -0.454 e. The second-order valence-electron chi connectivity index (χ2n) is 4.97. The number of urea groups is 1. The van der Waals surface area contributed by atoms with Gasteiger partial charge in [-0.15, -0.1) is 0 Å². The van der Waals surface area contributed by atoms with Crippen LogP contribution >= 0.6 is 0 Å². The van der Waals surface area contributed by atoms with Gasteiger partial charge >= 0.3 is 12.0 Å². The Morgan fingerprint density at radius 3 is 2.44 bits per heavy atom. The molecule has 0 bridgehead atoms. The van der Waals surface area contributed by atoms with Crippen molar-refractivity contribution in [3.8, 4) is 0 Å². The first-order valence-corrected chi connectivity index (χ1v) is 7.53. The van der Waals surface area contributed by atoms with Crippen LogP contribution in [0.1, 0.15) is 17.3 Å². The zero-order valence-electron chi connectivity index (χ0n) is 14.0. The van der Waals surface area contributed by atoms with E-state index in [1.807, 2.05) is 5.32 Å². The Bertz CT molecular complexity index is 605. The molecule has 0 radical (unpaired) electrons. The molecule has 1 rings (SSSR count). The zero-order chi connectivity index (χ0) is 18.7. The normalized spacial score (nSPS) is 11.1. The lowest BCUT2D eigenvalue weighted by atomic mass is 10.2. The first kappa shape index (κ1) is 20.1. The van der Waals surface area contributed by atoms with Gasteiger partial charge in [-0.05, 0) is 19.1 Å². The molecule has 3 N–H and O–H groups in total. The molecule has 0 aromatic heterocycles. The second-order valence-corrected chi connectivity index (χ2v) is 4.97. The lowest BCUT2D eigenvalue weighted by Crippen LogP contribution is -2.44. The van der Waals surface area contributed by atoms with Crippen molar-refractivity contribution in [3.63, 3.8) is 0 Å². The molecule has 9 nitrogen and oxygen atoms in total. The van der Waals surface area contributed by atoms with Gasteiger partial charge in [-0.1, -0.05) is 18.2 Å². The van der Waals surface area contributed by atoms with Gasteiger partial charge in [0.15, 0.2) is 6.61 Å². The molecule has 9 heteroatoms. The van der Waals surface area contributed by atoms with Crippen LogP contribution in [-0.4, -0.2) is 56.7 Å². The van der Waals surface area contributed by atoms with Crippen molar-refractivity contribution >= 4 is 23.8 Å². The molecule has 0 saturated heterocycles. The van der Waals surface area contributed by atoms with Crippen LogP contribution in [0.2, 0.25) is 0 Å². The highest BCUT2D eigenvalue weighted by Gasteiger charge is 2.19. The number of nitrogens with one attached hydrogen (secondary N) is 3. The lowest BCUT2D eigenvalue weighted by Gasteiger charge is -2.13. The van der Waals surface area contributed by atoms with Gasteiger partial charge in [0.2, 0.25) is 0 Å². The van der Waals surface area contributed by atoms with Crippen molar-refractivity contribution < 1.29 is 28.7 Å². The maximum Gasteiger partial charge on any atom is 0.328 e. The number of esters is 1. The molecule has 0 aliphatic rings. The summed E-state index contributed by atoms with van der Waals surface area (Å²) in [5, 5.41) is 6.82. The van der Waals surface area contributed by atoms with Crippen LogP contribution in [0, 0.1) is 0 Å². The van der Waals surface area contributed by atoms with E-state index in [0.717, 1.165) is 0 Å². The van der Waals surface area contributed by atoms with Crippen molar-refractivity contribution in [2.45, 2.75) is 13.0 Å². The summed E-state index contributed by atoms with van der Waals surface area (Å²) < 4.78 is 9.49. The highest BCUT2D eigenvalue weighted by molar-refractivity contribution is 5.97. The third-order valence-electron chi connectivity index (χ3n) is 2.93. The van der Waals surface area contributed by atoms with E-state index in [-0.39, 0.29) is 6.54 Å². The fourth-order valence-electron chi connectivity index (χ4n) is 1.66. The summed E-state index contributed by atoms with van der Waals surface area (Å²) in [5.74, 6) is -2.02. The molecule has 25 heavy (non-hydrogen) atoms. The Morgan fingerprint density at radius 2 is 1.80 bits per heavy atom. The maximum atomic E-state index is 11.9. The fourth-order valence-corrected chi connectivity index (χ4v) is 1.66. The topological polar surface area (TPSA) is 123 Å². The van der Waals surface area contributed by atoms with E-state index < -0.39 is 36.5 Å². The molecule has 1 aromatic rings. The van der Waals surface area contributed by atoms with Crippen LogP contribution in [0.4, 0.5) is 4.79 Å². The Balaban J connectivity index is 2.31. The lowest BCUT2D eigenvalue weighted by molar-refractivity contribution is -0.149. The second kappa shape index (κ2) is 10.8. The smallest absolute Gasteiger partial charge is 0.328 e. The number of methoxy groups -OCH3 is 1. The van der Waals surface area contributed by atoms with Crippen LogP contribution in [0.5, 0.6) is 0 Å². The van der Waals surface area contributed by atoms with Gasteiger partial charge in [0.1, 0.15) is 6.04 Å². The summed E-state index contributed by atoms with van der Waals surface area (Å²) in [4.78, 5) is 46.5. The van der Waals surface area contributed by atoms with Crippen LogP contribution < -0.4 is 16.0 Å². The predicted octanol–water partition coefficient (Wildman–Crippen LogP) is -0.180. The van der Waals surface area contributed by atoms with Gasteiger partial charge in [-0.3, -0.25) is 14.9 Å². The van der Waals surface area contributed by atoms with Crippen LogP contribution in [0.25, 0.3) is 0 Å². The average molecular weight is 351 g/mol. The Hall–Kier alpha value is -2.94. The van der Waals surface area contributed by atoms with Crippen molar-refractivity contribution in [2.24, 2.45) is 0 Å². The standard InChI is InChI=1S/C16H21N3O6/c1-11(18-14(21)12-6-4-3-5-7-12)15(22)25-10-13(20)19-16(23)17-8-9-24-2/h3-7,11H,8-10H2,1-2H3,(H,18,21)(H2,17,19,20,23)/t11-/m0/s1. The van der Waals surface area contributed by atoms with Gasteiger partial charge in [-0.25, -0.2) is 9.59 Å². The number of hydrogen-bond acceptors (Lipinski definition) is 6. The van der Waals surface area contributed by atoms with E-state index in [0.29, 0.717) is 12.2 Å². The molecule has 0 saturated carbocycles. The number of carbonyl (C=O) groups is 4. The highest BCUT2D eigenvalue weighted by Crippen LogP contribution is 1.99.